The van der Waals surface area contributed by atoms with E-state index < -0.39 is 22.8 Å². The molecule has 1 aromatic rings. The number of carbonyl (C=O) groups is 2. The first kappa shape index (κ1) is 16.6. The topological polar surface area (TPSA) is 127 Å². The van der Waals surface area contributed by atoms with Gasteiger partial charge >= 0.3 is 11.8 Å². The number of nitrogens with zero attached hydrogens (tertiary/aromatic N) is 3. The molecule has 21 heavy (non-hydrogen) atoms. The molecule has 0 fully saturated rings. The Hall–Kier alpha value is -2.45. The maximum Gasteiger partial charge on any atom is 0.381 e. The Labute approximate surface area is 121 Å². The SMILES string of the molecule is CC(C)C[C@@H](NC(=O)CCn1cnc([N+](=O)[O-])c1)C(=O)O. The van der Waals surface area contributed by atoms with Crippen LogP contribution in [0.25, 0.3) is 0 Å². The van der Waals surface area contributed by atoms with Crippen LogP contribution in [0.4, 0.5) is 5.82 Å². The summed E-state index contributed by atoms with van der Waals surface area (Å²) in [5, 5.41) is 21.9. The lowest BCUT2D eigenvalue weighted by Gasteiger charge is -2.16. The van der Waals surface area contributed by atoms with Crippen LogP contribution in [-0.2, 0) is 16.1 Å². The molecule has 0 aliphatic rings. The van der Waals surface area contributed by atoms with Gasteiger partial charge in [0.05, 0.1) is 0 Å². The summed E-state index contributed by atoms with van der Waals surface area (Å²) in [6.45, 7) is 3.93. The lowest BCUT2D eigenvalue weighted by atomic mass is 10.0. The van der Waals surface area contributed by atoms with E-state index in [1.807, 2.05) is 13.8 Å². The normalized spacial score (nSPS) is 12.1. The van der Waals surface area contributed by atoms with Gasteiger partial charge in [0.25, 0.3) is 0 Å². The Kier molecular flexibility index (Phi) is 5.82. The number of nitrogens with one attached hydrogen (secondary N) is 1. The third-order valence-electron chi connectivity index (χ3n) is 2.74. The number of carbonyl (C=O) groups excluding carboxylic acids is 1. The molecular weight excluding hydrogens is 280 g/mol. The van der Waals surface area contributed by atoms with E-state index in [4.69, 9.17) is 5.11 Å². The number of aryl methyl sites for hydroxylation is 1. The van der Waals surface area contributed by atoms with Crippen molar-refractivity contribution >= 4 is 17.7 Å². The van der Waals surface area contributed by atoms with Crippen LogP contribution in [0.2, 0.25) is 0 Å². The molecule has 1 aromatic heterocycles. The second kappa shape index (κ2) is 7.36. The summed E-state index contributed by atoms with van der Waals surface area (Å²) in [5.74, 6) is -1.64. The summed E-state index contributed by atoms with van der Waals surface area (Å²) in [4.78, 5) is 36.1. The molecule has 1 atom stereocenters. The first-order valence-corrected chi connectivity index (χ1v) is 6.48. The molecule has 116 valence electrons. The van der Waals surface area contributed by atoms with Gasteiger partial charge in [0.15, 0.2) is 0 Å². The van der Waals surface area contributed by atoms with Crippen molar-refractivity contribution in [3.63, 3.8) is 0 Å². The Bertz CT molecular complexity index is 525. The molecule has 1 rings (SSSR count). The number of carboxylic acid groups (broad SMARTS) is 1. The van der Waals surface area contributed by atoms with Crippen molar-refractivity contribution in [2.24, 2.45) is 5.92 Å². The number of amides is 1. The van der Waals surface area contributed by atoms with E-state index in [2.05, 4.69) is 10.3 Å². The number of rotatable bonds is 8. The monoisotopic (exact) mass is 298 g/mol. The molecular formula is C12H18N4O5. The summed E-state index contributed by atoms with van der Waals surface area (Å²) >= 11 is 0. The van der Waals surface area contributed by atoms with E-state index >= 15 is 0 Å². The molecule has 0 spiro atoms. The van der Waals surface area contributed by atoms with Gasteiger partial charge < -0.3 is 25.1 Å². The lowest BCUT2D eigenvalue weighted by Crippen LogP contribution is -2.41. The van der Waals surface area contributed by atoms with Gasteiger partial charge in [0.1, 0.15) is 12.2 Å². The molecule has 9 nitrogen and oxygen atoms in total. The van der Waals surface area contributed by atoms with Gasteiger partial charge in [-0.2, -0.15) is 0 Å². The quantitative estimate of drug-likeness (QED) is 0.539. The minimum Gasteiger partial charge on any atom is -0.480 e. The molecule has 0 aliphatic carbocycles. The summed E-state index contributed by atoms with van der Waals surface area (Å²) in [7, 11) is 0. The largest absolute Gasteiger partial charge is 0.480 e. The average Bonchev–Trinajstić information content (AvgIpc) is 2.83. The van der Waals surface area contributed by atoms with E-state index in [9.17, 15) is 19.7 Å². The fourth-order valence-corrected chi connectivity index (χ4v) is 1.75. The predicted octanol–water partition coefficient (Wildman–Crippen LogP) is 0.797. The van der Waals surface area contributed by atoms with Gasteiger partial charge in [-0.05, 0) is 22.2 Å². The summed E-state index contributed by atoms with van der Waals surface area (Å²) in [5.41, 5.74) is 0. The summed E-state index contributed by atoms with van der Waals surface area (Å²) < 4.78 is 1.41. The number of hydrogen-bond donors (Lipinski definition) is 2. The van der Waals surface area contributed by atoms with Crippen molar-refractivity contribution in [1.82, 2.24) is 14.9 Å². The van der Waals surface area contributed by atoms with Crippen LogP contribution in [0.1, 0.15) is 26.7 Å². The van der Waals surface area contributed by atoms with E-state index in [0.29, 0.717) is 6.42 Å². The molecule has 1 heterocycles. The van der Waals surface area contributed by atoms with Crippen LogP contribution in [0, 0.1) is 16.0 Å². The first-order chi connectivity index (χ1) is 9.79. The van der Waals surface area contributed by atoms with Gasteiger partial charge in [-0.25, -0.2) is 4.79 Å². The van der Waals surface area contributed by atoms with Crippen LogP contribution in [0.15, 0.2) is 12.5 Å². The molecule has 0 saturated heterocycles. The number of carboxylic acids is 1. The second-order valence-corrected chi connectivity index (χ2v) is 5.06. The average molecular weight is 298 g/mol. The van der Waals surface area contributed by atoms with Crippen LogP contribution < -0.4 is 5.32 Å². The first-order valence-electron chi connectivity index (χ1n) is 6.48. The number of imidazole rings is 1. The predicted molar refractivity (Wildman–Crippen MR) is 72.5 cm³/mol. The molecule has 0 aromatic carbocycles. The van der Waals surface area contributed by atoms with Crippen molar-refractivity contribution in [3.8, 4) is 0 Å². The van der Waals surface area contributed by atoms with Crippen LogP contribution in [0.3, 0.4) is 0 Å². The zero-order valence-electron chi connectivity index (χ0n) is 11.9. The van der Waals surface area contributed by atoms with Gasteiger partial charge in [-0.3, -0.25) is 4.79 Å². The molecule has 0 unspecified atom stereocenters. The van der Waals surface area contributed by atoms with Crippen LogP contribution in [0.5, 0.6) is 0 Å². The van der Waals surface area contributed by atoms with Gasteiger partial charge in [0.2, 0.25) is 12.2 Å². The minimum absolute atomic E-state index is 0.0232. The molecule has 0 aliphatic heterocycles. The molecule has 2 N–H and O–H groups in total. The van der Waals surface area contributed by atoms with Crippen molar-refractivity contribution in [2.75, 3.05) is 0 Å². The molecule has 0 radical (unpaired) electrons. The number of aliphatic carboxylic acids is 1. The smallest absolute Gasteiger partial charge is 0.381 e. The maximum absolute atomic E-state index is 11.7. The van der Waals surface area contributed by atoms with Crippen molar-refractivity contribution in [3.05, 3.63) is 22.6 Å². The molecule has 0 saturated carbocycles. The third kappa shape index (κ3) is 5.59. The van der Waals surface area contributed by atoms with E-state index in [1.165, 1.54) is 17.1 Å². The Balaban J connectivity index is 2.48. The Morgan fingerprint density at radius 3 is 2.67 bits per heavy atom. The zero-order chi connectivity index (χ0) is 16.0. The van der Waals surface area contributed by atoms with Crippen molar-refractivity contribution in [1.29, 1.82) is 0 Å². The fraction of sp³-hybridized carbons (Fsp3) is 0.583. The summed E-state index contributed by atoms with van der Waals surface area (Å²) in [6, 6.07) is -0.922. The lowest BCUT2D eigenvalue weighted by molar-refractivity contribution is -0.389. The Morgan fingerprint density at radius 2 is 2.19 bits per heavy atom. The summed E-state index contributed by atoms with van der Waals surface area (Å²) in [6.07, 6.45) is 2.84. The van der Waals surface area contributed by atoms with Crippen molar-refractivity contribution < 1.29 is 19.6 Å². The molecule has 1 amide bonds. The van der Waals surface area contributed by atoms with Gasteiger partial charge in [-0.1, -0.05) is 13.8 Å². The number of nitro groups is 1. The highest BCUT2D eigenvalue weighted by atomic mass is 16.6. The van der Waals surface area contributed by atoms with E-state index in [0.717, 1.165) is 0 Å². The minimum atomic E-state index is -1.07. The highest BCUT2D eigenvalue weighted by Crippen LogP contribution is 2.07. The van der Waals surface area contributed by atoms with Gasteiger partial charge in [0, 0.05) is 13.0 Å². The third-order valence-corrected chi connectivity index (χ3v) is 2.74. The van der Waals surface area contributed by atoms with Crippen LogP contribution >= 0.6 is 0 Å². The fourth-order valence-electron chi connectivity index (χ4n) is 1.75. The zero-order valence-corrected chi connectivity index (χ0v) is 11.9. The van der Waals surface area contributed by atoms with E-state index in [1.54, 1.807) is 0 Å². The van der Waals surface area contributed by atoms with Crippen molar-refractivity contribution in [2.45, 2.75) is 39.3 Å². The highest BCUT2D eigenvalue weighted by molar-refractivity contribution is 5.83. The highest BCUT2D eigenvalue weighted by Gasteiger charge is 2.21. The van der Waals surface area contributed by atoms with E-state index in [-0.39, 0.29) is 24.7 Å². The van der Waals surface area contributed by atoms with Crippen LogP contribution in [-0.4, -0.2) is 37.5 Å². The second-order valence-electron chi connectivity index (χ2n) is 5.06. The standard InChI is InChI=1S/C12H18N4O5/c1-8(2)5-9(12(18)19)14-11(17)3-4-15-6-10(13-7-15)16(20)21/h6-9H,3-5H2,1-2H3,(H,14,17)(H,18,19)/t9-/m1/s1. The maximum atomic E-state index is 11.7. The Morgan fingerprint density at radius 1 is 1.52 bits per heavy atom. The van der Waals surface area contributed by atoms with Gasteiger partial charge in [-0.15, -0.1) is 0 Å². The molecule has 9 heteroatoms. The number of aromatic nitrogens is 2. The number of hydrogen-bond acceptors (Lipinski definition) is 5. The molecule has 0 bridgehead atoms.